The van der Waals surface area contributed by atoms with Crippen molar-refractivity contribution in [2.45, 2.75) is 18.9 Å². The van der Waals surface area contributed by atoms with E-state index >= 15 is 0 Å². The monoisotopic (exact) mass is 210 g/mol. The Bertz CT molecular complexity index is 362. The maximum Gasteiger partial charge on any atom is 0.244 e. The third-order valence-corrected chi connectivity index (χ3v) is 2.11. The molecule has 2 rings (SSSR count). The van der Waals surface area contributed by atoms with Crippen molar-refractivity contribution in [3.8, 4) is 0 Å². The number of hydrogen-bond acceptors (Lipinski definition) is 6. The van der Waals surface area contributed by atoms with Gasteiger partial charge in [0.25, 0.3) is 0 Å². The first kappa shape index (κ1) is 9.78. The van der Waals surface area contributed by atoms with E-state index < -0.39 is 6.04 Å². The zero-order valence-electron chi connectivity index (χ0n) is 7.90. The van der Waals surface area contributed by atoms with Crippen LogP contribution in [0.2, 0.25) is 0 Å². The minimum absolute atomic E-state index is 0.197. The number of nitrogens with zero attached hydrogens (tertiary/aromatic N) is 2. The van der Waals surface area contributed by atoms with E-state index in [1.165, 1.54) is 6.33 Å². The van der Waals surface area contributed by atoms with E-state index in [0.717, 1.165) is 0 Å². The van der Waals surface area contributed by atoms with Gasteiger partial charge in [-0.25, -0.2) is 0 Å². The van der Waals surface area contributed by atoms with Crippen LogP contribution < -0.4 is 10.6 Å². The third-order valence-electron chi connectivity index (χ3n) is 2.11. The fraction of sp³-hybridized carbons (Fsp3) is 0.500. The normalized spacial score (nSPS) is 20.7. The van der Waals surface area contributed by atoms with Crippen LogP contribution in [0.3, 0.4) is 0 Å². The van der Waals surface area contributed by atoms with Crippen LogP contribution in [0.15, 0.2) is 10.9 Å². The molecule has 1 aromatic heterocycles. The molecule has 2 N–H and O–H groups in total. The quantitative estimate of drug-likeness (QED) is 0.594. The lowest BCUT2D eigenvalue weighted by Gasteiger charge is -2.06. The molecule has 7 nitrogen and oxygen atoms in total. The molecule has 1 aromatic rings. The number of carbonyl (C=O) groups is 2. The smallest absolute Gasteiger partial charge is 0.244 e. The van der Waals surface area contributed by atoms with Gasteiger partial charge in [-0.05, 0) is 0 Å². The predicted molar refractivity (Wildman–Crippen MR) is 47.6 cm³/mol. The Morgan fingerprint density at radius 2 is 2.47 bits per heavy atom. The SMILES string of the molecule is O=C1CC(NCCc2ncno2)C(=O)N1. The molecule has 80 valence electrons. The van der Waals surface area contributed by atoms with E-state index in [1.807, 2.05) is 0 Å². The molecule has 0 aliphatic carbocycles. The highest BCUT2D eigenvalue weighted by Gasteiger charge is 2.29. The number of rotatable bonds is 4. The molecule has 0 bridgehead atoms. The minimum atomic E-state index is -0.430. The largest absolute Gasteiger partial charge is 0.340 e. The van der Waals surface area contributed by atoms with Gasteiger partial charge in [-0.15, -0.1) is 0 Å². The van der Waals surface area contributed by atoms with Gasteiger partial charge >= 0.3 is 0 Å². The summed E-state index contributed by atoms with van der Waals surface area (Å²) >= 11 is 0. The molecule has 0 saturated carbocycles. The summed E-state index contributed by atoms with van der Waals surface area (Å²) in [5.41, 5.74) is 0. The average molecular weight is 210 g/mol. The second-order valence-corrected chi connectivity index (χ2v) is 3.21. The second-order valence-electron chi connectivity index (χ2n) is 3.21. The van der Waals surface area contributed by atoms with Gasteiger partial charge in [0.2, 0.25) is 17.7 Å². The summed E-state index contributed by atoms with van der Waals surface area (Å²) in [5.74, 6) is -0.00643. The number of carbonyl (C=O) groups excluding carboxylic acids is 2. The van der Waals surface area contributed by atoms with Crippen molar-refractivity contribution in [1.29, 1.82) is 0 Å². The zero-order chi connectivity index (χ0) is 10.7. The number of hydrogen-bond donors (Lipinski definition) is 2. The average Bonchev–Trinajstić information content (AvgIpc) is 2.77. The Morgan fingerprint density at radius 3 is 3.07 bits per heavy atom. The number of aromatic nitrogens is 2. The Labute approximate surface area is 85.2 Å². The molecule has 1 aliphatic rings. The Hall–Kier alpha value is -1.76. The van der Waals surface area contributed by atoms with Crippen LogP contribution in [0.25, 0.3) is 0 Å². The van der Waals surface area contributed by atoms with Gasteiger partial charge < -0.3 is 9.84 Å². The highest BCUT2D eigenvalue weighted by Crippen LogP contribution is 2.01. The lowest BCUT2D eigenvalue weighted by atomic mass is 10.2. The van der Waals surface area contributed by atoms with Gasteiger partial charge in [0, 0.05) is 13.0 Å². The van der Waals surface area contributed by atoms with Crippen LogP contribution in [-0.4, -0.2) is 34.5 Å². The summed E-state index contributed by atoms with van der Waals surface area (Å²) in [7, 11) is 0. The summed E-state index contributed by atoms with van der Waals surface area (Å²) in [6, 6.07) is -0.430. The molecule has 1 saturated heterocycles. The lowest BCUT2D eigenvalue weighted by molar-refractivity contribution is -0.125. The minimum Gasteiger partial charge on any atom is -0.340 e. The molecule has 0 aromatic carbocycles. The summed E-state index contributed by atoms with van der Waals surface area (Å²) in [6.45, 7) is 0.521. The Morgan fingerprint density at radius 1 is 1.60 bits per heavy atom. The van der Waals surface area contributed by atoms with Crippen molar-refractivity contribution in [3.63, 3.8) is 0 Å². The first-order valence-electron chi connectivity index (χ1n) is 4.58. The molecular formula is C8H10N4O3. The molecule has 0 spiro atoms. The van der Waals surface area contributed by atoms with Crippen molar-refractivity contribution < 1.29 is 14.1 Å². The third kappa shape index (κ3) is 2.38. The molecule has 1 atom stereocenters. The Balaban J connectivity index is 1.74. The molecule has 2 heterocycles. The van der Waals surface area contributed by atoms with E-state index in [0.29, 0.717) is 18.9 Å². The molecule has 0 radical (unpaired) electrons. The van der Waals surface area contributed by atoms with Gasteiger partial charge in [-0.2, -0.15) is 4.98 Å². The van der Waals surface area contributed by atoms with Crippen molar-refractivity contribution >= 4 is 11.8 Å². The molecule has 2 amide bonds. The highest BCUT2D eigenvalue weighted by molar-refractivity contribution is 6.05. The topological polar surface area (TPSA) is 97.1 Å². The number of nitrogens with one attached hydrogen (secondary N) is 2. The predicted octanol–water partition coefficient (Wildman–Crippen LogP) is -1.38. The van der Waals surface area contributed by atoms with E-state index in [4.69, 9.17) is 4.52 Å². The van der Waals surface area contributed by atoms with Crippen LogP contribution in [-0.2, 0) is 16.0 Å². The molecule has 1 unspecified atom stereocenters. The van der Waals surface area contributed by atoms with Gasteiger partial charge in [-0.1, -0.05) is 5.16 Å². The first-order valence-corrected chi connectivity index (χ1v) is 4.58. The van der Waals surface area contributed by atoms with Crippen LogP contribution in [0.1, 0.15) is 12.3 Å². The maximum absolute atomic E-state index is 11.1. The molecule has 1 fully saturated rings. The van der Waals surface area contributed by atoms with E-state index in [9.17, 15) is 9.59 Å². The Kier molecular flexibility index (Phi) is 2.72. The summed E-state index contributed by atoms with van der Waals surface area (Å²) in [4.78, 5) is 25.8. The lowest BCUT2D eigenvalue weighted by Crippen LogP contribution is -2.37. The summed E-state index contributed by atoms with van der Waals surface area (Å²) < 4.78 is 4.78. The van der Waals surface area contributed by atoms with Crippen LogP contribution in [0.4, 0.5) is 0 Å². The molecule has 7 heteroatoms. The van der Waals surface area contributed by atoms with Gasteiger partial charge in [-0.3, -0.25) is 14.9 Å². The van der Waals surface area contributed by atoms with Gasteiger partial charge in [0.15, 0.2) is 6.33 Å². The fourth-order valence-corrected chi connectivity index (χ4v) is 1.38. The number of amides is 2. The van der Waals surface area contributed by atoms with Crippen molar-refractivity contribution in [1.82, 2.24) is 20.8 Å². The van der Waals surface area contributed by atoms with Crippen LogP contribution >= 0.6 is 0 Å². The molecular weight excluding hydrogens is 200 g/mol. The van der Waals surface area contributed by atoms with Crippen molar-refractivity contribution in [2.24, 2.45) is 0 Å². The number of imide groups is 1. The van der Waals surface area contributed by atoms with Crippen LogP contribution in [0, 0.1) is 0 Å². The zero-order valence-corrected chi connectivity index (χ0v) is 7.90. The first-order chi connectivity index (χ1) is 7.25. The highest BCUT2D eigenvalue weighted by atomic mass is 16.5. The van der Waals surface area contributed by atoms with E-state index in [2.05, 4.69) is 20.8 Å². The maximum atomic E-state index is 11.1. The van der Waals surface area contributed by atoms with Crippen LogP contribution in [0.5, 0.6) is 0 Å². The van der Waals surface area contributed by atoms with E-state index in [1.54, 1.807) is 0 Å². The van der Waals surface area contributed by atoms with E-state index in [-0.39, 0.29) is 18.2 Å². The van der Waals surface area contributed by atoms with Crippen molar-refractivity contribution in [2.75, 3.05) is 6.54 Å². The molecule has 15 heavy (non-hydrogen) atoms. The van der Waals surface area contributed by atoms with Gasteiger partial charge in [0.05, 0.1) is 12.5 Å². The standard InChI is InChI=1S/C8H10N4O3/c13-6-3-5(8(14)12-6)9-2-1-7-10-4-11-15-7/h4-5,9H,1-3H2,(H,12,13,14). The summed E-state index contributed by atoms with van der Waals surface area (Å²) in [6.07, 6.45) is 2.06. The summed E-state index contributed by atoms with van der Waals surface area (Å²) in [5, 5.41) is 8.61. The fourth-order valence-electron chi connectivity index (χ4n) is 1.38. The molecule has 1 aliphatic heterocycles. The van der Waals surface area contributed by atoms with Gasteiger partial charge in [0.1, 0.15) is 0 Å². The van der Waals surface area contributed by atoms with Crippen molar-refractivity contribution in [3.05, 3.63) is 12.2 Å². The second kappa shape index (κ2) is 4.18.